The molecule has 0 aliphatic carbocycles. The molecular weight excluding hydrogens is 360 g/mol. The number of aromatic nitrogens is 1. The largest absolute Gasteiger partial charge is 0.371 e. The zero-order chi connectivity index (χ0) is 18.6. The van der Waals surface area contributed by atoms with Gasteiger partial charge in [0.25, 0.3) is 0 Å². The fourth-order valence-corrected chi connectivity index (χ4v) is 4.79. The van der Waals surface area contributed by atoms with Crippen molar-refractivity contribution in [2.45, 2.75) is 44.4 Å². The maximum atomic E-state index is 12.5. The van der Waals surface area contributed by atoms with Crippen molar-refractivity contribution in [1.29, 1.82) is 0 Å². The predicted molar refractivity (Wildman–Crippen MR) is 107 cm³/mol. The lowest BCUT2D eigenvalue weighted by Gasteiger charge is -2.34. The standard InChI is InChI=1S/C20H26N4O2S/c1-14(19-16-8-13-27-17(16)7-12-26-19)22-20(25)23-15-5-10-24(11-6-15)18-4-2-3-9-21-18/h2-4,8-9,13-15,19H,5-7,10-12H2,1H3,(H2,22,23,25). The minimum absolute atomic E-state index is 0.0586. The van der Waals surface area contributed by atoms with Crippen LogP contribution in [0.4, 0.5) is 10.6 Å². The third-order valence-corrected chi connectivity index (χ3v) is 6.33. The third kappa shape index (κ3) is 4.25. The lowest BCUT2D eigenvalue weighted by molar-refractivity contribution is 0.0232. The molecule has 2 atom stereocenters. The normalized spacial score (nSPS) is 21.4. The van der Waals surface area contributed by atoms with E-state index in [0.29, 0.717) is 0 Å². The van der Waals surface area contributed by atoms with Gasteiger partial charge in [0, 0.05) is 36.6 Å². The van der Waals surface area contributed by atoms with E-state index in [4.69, 9.17) is 4.74 Å². The molecule has 2 amide bonds. The molecule has 0 aromatic carbocycles. The summed E-state index contributed by atoms with van der Waals surface area (Å²) in [5.74, 6) is 1.01. The quantitative estimate of drug-likeness (QED) is 0.847. The van der Waals surface area contributed by atoms with Crippen LogP contribution in [0.25, 0.3) is 0 Å². The van der Waals surface area contributed by atoms with Gasteiger partial charge in [0.1, 0.15) is 11.9 Å². The number of pyridine rings is 1. The molecule has 4 heterocycles. The van der Waals surface area contributed by atoms with E-state index in [0.717, 1.165) is 44.8 Å². The van der Waals surface area contributed by atoms with Crippen molar-refractivity contribution in [3.8, 4) is 0 Å². The number of hydrogen-bond acceptors (Lipinski definition) is 5. The van der Waals surface area contributed by atoms with Gasteiger partial charge in [-0.05, 0) is 48.9 Å². The summed E-state index contributed by atoms with van der Waals surface area (Å²) in [5.41, 5.74) is 1.22. The van der Waals surface area contributed by atoms with E-state index in [1.807, 2.05) is 31.3 Å². The summed E-state index contributed by atoms with van der Waals surface area (Å²) in [5, 5.41) is 8.31. The van der Waals surface area contributed by atoms with Gasteiger partial charge in [-0.2, -0.15) is 0 Å². The maximum Gasteiger partial charge on any atom is 0.315 e. The van der Waals surface area contributed by atoms with Crippen LogP contribution in [0.15, 0.2) is 35.8 Å². The first-order chi connectivity index (χ1) is 13.2. The molecule has 0 saturated carbocycles. The molecule has 6 nitrogen and oxygen atoms in total. The van der Waals surface area contributed by atoms with Crippen molar-refractivity contribution in [2.24, 2.45) is 0 Å². The van der Waals surface area contributed by atoms with Crippen LogP contribution in [0.2, 0.25) is 0 Å². The van der Waals surface area contributed by atoms with Crippen molar-refractivity contribution < 1.29 is 9.53 Å². The Labute approximate surface area is 163 Å². The van der Waals surface area contributed by atoms with E-state index in [-0.39, 0.29) is 24.2 Å². The van der Waals surface area contributed by atoms with E-state index >= 15 is 0 Å². The number of hydrogen-bond donors (Lipinski definition) is 2. The van der Waals surface area contributed by atoms with E-state index in [1.54, 1.807) is 11.3 Å². The summed E-state index contributed by atoms with van der Waals surface area (Å²) in [6.45, 7) is 4.54. The number of fused-ring (bicyclic) bond motifs is 1. The molecule has 2 unspecified atom stereocenters. The number of rotatable bonds is 4. The molecular formula is C20H26N4O2S. The Morgan fingerprint density at radius 2 is 2.19 bits per heavy atom. The molecule has 4 rings (SSSR count). The van der Waals surface area contributed by atoms with Crippen LogP contribution < -0.4 is 15.5 Å². The third-order valence-electron chi connectivity index (χ3n) is 5.33. The van der Waals surface area contributed by atoms with Gasteiger partial charge in [-0.3, -0.25) is 0 Å². The van der Waals surface area contributed by atoms with Crippen molar-refractivity contribution in [3.63, 3.8) is 0 Å². The second kappa shape index (κ2) is 8.27. The number of nitrogens with one attached hydrogen (secondary N) is 2. The number of anilines is 1. The molecule has 0 radical (unpaired) electrons. The van der Waals surface area contributed by atoms with Crippen LogP contribution in [0.3, 0.4) is 0 Å². The minimum atomic E-state index is -0.107. The Bertz CT molecular complexity index is 758. The van der Waals surface area contributed by atoms with E-state index < -0.39 is 0 Å². The van der Waals surface area contributed by atoms with Crippen LogP contribution in [0, 0.1) is 0 Å². The molecule has 2 aromatic rings. The number of carbonyl (C=O) groups excluding carboxylic acids is 1. The van der Waals surface area contributed by atoms with Crippen molar-refractivity contribution in [1.82, 2.24) is 15.6 Å². The number of nitrogens with zero attached hydrogens (tertiary/aromatic N) is 2. The Kier molecular flexibility index (Phi) is 5.59. The molecule has 2 N–H and O–H groups in total. The van der Waals surface area contributed by atoms with Crippen molar-refractivity contribution in [3.05, 3.63) is 46.3 Å². The van der Waals surface area contributed by atoms with Gasteiger partial charge >= 0.3 is 6.03 Å². The van der Waals surface area contributed by atoms with Crippen molar-refractivity contribution >= 4 is 23.2 Å². The predicted octanol–water partition coefficient (Wildman–Crippen LogP) is 3.11. The molecule has 1 fully saturated rings. The Morgan fingerprint density at radius 1 is 1.33 bits per heavy atom. The summed E-state index contributed by atoms with van der Waals surface area (Å²) in [4.78, 5) is 20.5. The monoisotopic (exact) mass is 386 g/mol. The van der Waals surface area contributed by atoms with Crippen LogP contribution in [0.5, 0.6) is 0 Å². The lowest BCUT2D eigenvalue weighted by Crippen LogP contribution is -2.51. The molecule has 7 heteroatoms. The topological polar surface area (TPSA) is 66.5 Å². The van der Waals surface area contributed by atoms with Gasteiger partial charge in [0.15, 0.2) is 0 Å². The average Bonchev–Trinajstić information content (AvgIpc) is 3.18. The SMILES string of the molecule is CC(NC(=O)NC1CCN(c2ccccn2)CC1)C1OCCc2sccc21. The number of ether oxygens (including phenoxy) is 1. The number of carbonyl (C=O) groups is 1. The molecule has 2 aliphatic heterocycles. The fraction of sp³-hybridized carbons (Fsp3) is 0.500. The average molecular weight is 387 g/mol. The highest BCUT2D eigenvalue weighted by Crippen LogP contribution is 2.33. The first-order valence-electron chi connectivity index (χ1n) is 9.61. The highest BCUT2D eigenvalue weighted by molar-refractivity contribution is 7.10. The van der Waals surface area contributed by atoms with Gasteiger partial charge in [-0.1, -0.05) is 6.07 Å². The van der Waals surface area contributed by atoms with Gasteiger partial charge in [-0.25, -0.2) is 9.78 Å². The van der Waals surface area contributed by atoms with Crippen LogP contribution in [-0.2, 0) is 11.2 Å². The molecule has 0 spiro atoms. The smallest absolute Gasteiger partial charge is 0.315 e. The molecule has 2 aliphatic rings. The summed E-state index contributed by atoms with van der Waals surface area (Å²) in [7, 11) is 0. The highest BCUT2D eigenvalue weighted by atomic mass is 32.1. The fourth-order valence-electron chi connectivity index (χ4n) is 3.89. The molecule has 2 aromatic heterocycles. The number of thiophene rings is 1. The van der Waals surface area contributed by atoms with Crippen molar-refractivity contribution in [2.75, 3.05) is 24.6 Å². The van der Waals surface area contributed by atoms with E-state index in [2.05, 4.69) is 32.0 Å². The second-order valence-corrected chi connectivity index (χ2v) is 8.20. The highest BCUT2D eigenvalue weighted by Gasteiger charge is 2.29. The Balaban J connectivity index is 1.26. The number of urea groups is 1. The first kappa shape index (κ1) is 18.3. The lowest BCUT2D eigenvalue weighted by atomic mass is 10.0. The summed E-state index contributed by atoms with van der Waals surface area (Å²) in [6, 6.07) is 8.11. The molecule has 144 valence electrons. The van der Waals surface area contributed by atoms with Crippen LogP contribution >= 0.6 is 11.3 Å². The Hall–Kier alpha value is -2.12. The van der Waals surface area contributed by atoms with Gasteiger partial charge in [0.2, 0.25) is 0 Å². The molecule has 0 bridgehead atoms. The summed E-state index contributed by atoms with van der Waals surface area (Å²) < 4.78 is 5.93. The zero-order valence-corrected chi connectivity index (χ0v) is 16.4. The maximum absolute atomic E-state index is 12.5. The summed E-state index contributed by atoms with van der Waals surface area (Å²) in [6.07, 6.45) is 4.58. The molecule has 1 saturated heterocycles. The van der Waals surface area contributed by atoms with Gasteiger partial charge in [-0.15, -0.1) is 11.3 Å². The number of amides is 2. The molecule has 27 heavy (non-hydrogen) atoms. The van der Waals surface area contributed by atoms with E-state index in [1.165, 1.54) is 10.4 Å². The van der Waals surface area contributed by atoms with Crippen LogP contribution in [-0.4, -0.2) is 42.8 Å². The first-order valence-corrected chi connectivity index (χ1v) is 10.5. The summed E-state index contributed by atoms with van der Waals surface area (Å²) >= 11 is 1.77. The zero-order valence-electron chi connectivity index (χ0n) is 15.6. The number of piperidine rings is 1. The van der Waals surface area contributed by atoms with Gasteiger partial charge < -0.3 is 20.3 Å². The van der Waals surface area contributed by atoms with Crippen LogP contribution in [0.1, 0.15) is 36.3 Å². The Morgan fingerprint density at radius 3 is 2.96 bits per heavy atom. The minimum Gasteiger partial charge on any atom is -0.371 e. The van der Waals surface area contributed by atoms with Gasteiger partial charge in [0.05, 0.1) is 12.6 Å². The van der Waals surface area contributed by atoms with E-state index in [9.17, 15) is 4.79 Å². The second-order valence-electron chi connectivity index (χ2n) is 7.20.